The lowest BCUT2D eigenvalue weighted by Crippen LogP contribution is -2.36. The van der Waals surface area contributed by atoms with Gasteiger partial charge in [-0.05, 0) is 44.4 Å². The lowest BCUT2D eigenvalue weighted by Gasteiger charge is -2.33. The summed E-state index contributed by atoms with van der Waals surface area (Å²) in [4.78, 5) is 25.2. The van der Waals surface area contributed by atoms with Crippen molar-refractivity contribution >= 4 is 17.5 Å². The van der Waals surface area contributed by atoms with Crippen molar-refractivity contribution < 1.29 is 4.79 Å². The standard InChI is InChI=1S/C19H31N5O/c1-3-10-23(2)19(25)9-6-15-5-4-11-24(13-15)18-12-17(20-14-21-18)22-16-7-8-16/h12,14-16H,3-11,13H2,1-2H3,(H,20,21,22)/t15-/m1/s1. The highest BCUT2D eigenvalue weighted by molar-refractivity contribution is 5.75. The van der Waals surface area contributed by atoms with E-state index in [4.69, 9.17) is 0 Å². The third-order valence-corrected chi connectivity index (χ3v) is 5.18. The van der Waals surface area contributed by atoms with E-state index < -0.39 is 0 Å². The zero-order valence-electron chi connectivity index (χ0n) is 15.6. The number of piperidine rings is 1. The Labute approximate surface area is 151 Å². The number of rotatable bonds is 8. The normalized spacial score (nSPS) is 20.4. The summed E-state index contributed by atoms with van der Waals surface area (Å²) in [6.07, 6.45) is 9.17. The highest BCUT2D eigenvalue weighted by Crippen LogP contribution is 2.28. The van der Waals surface area contributed by atoms with Gasteiger partial charge in [0, 0.05) is 45.2 Å². The summed E-state index contributed by atoms with van der Waals surface area (Å²) in [5.41, 5.74) is 0. The van der Waals surface area contributed by atoms with E-state index in [0.29, 0.717) is 18.4 Å². The van der Waals surface area contributed by atoms with Gasteiger partial charge < -0.3 is 15.1 Å². The summed E-state index contributed by atoms with van der Waals surface area (Å²) in [5.74, 6) is 2.79. The number of nitrogens with zero attached hydrogens (tertiary/aromatic N) is 4. The quantitative estimate of drug-likeness (QED) is 0.785. The van der Waals surface area contributed by atoms with Crippen LogP contribution in [0.4, 0.5) is 11.6 Å². The first-order chi connectivity index (χ1) is 12.2. The number of hydrogen-bond donors (Lipinski definition) is 1. The molecule has 1 aromatic heterocycles. The molecule has 2 fully saturated rings. The fourth-order valence-electron chi connectivity index (χ4n) is 3.52. The highest BCUT2D eigenvalue weighted by atomic mass is 16.2. The summed E-state index contributed by atoms with van der Waals surface area (Å²) in [6.45, 7) is 4.99. The molecule has 1 aliphatic carbocycles. The summed E-state index contributed by atoms with van der Waals surface area (Å²) in [7, 11) is 1.91. The van der Waals surface area contributed by atoms with Crippen molar-refractivity contribution in [3.05, 3.63) is 12.4 Å². The number of nitrogens with one attached hydrogen (secondary N) is 1. The zero-order chi connectivity index (χ0) is 17.6. The minimum Gasteiger partial charge on any atom is -0.367 e. The molecule has 0 bridgehead atoms. The van der Waals surface area contributed by atoms with Crippen LogP contribution < -0.4 is 10.2 Å². The van der Waals surface area contributed by atoms with E-state index in [0.717, 1.165) is 44.1 Å². The Morgan fingerprint density at radius 2 is 2.20 bits per heavy atom. The molecule has 0 radical (unpaired) electrons. The maximum absolute atomic E-state index is 12.2. The third-order valence-electron chi connectivity index (χ3n) is 5.18. The second-order valence-electron chi connectivity index (χ2n) is 7.49. The first-order valence-electron chi connectivity index (χ1n) is 9.73. The SMILES string of the molecule is CCCN(C)C(=O)CC[C@H]1CCCN(c2cc(NC3CC3)ncn2)C1. The molecule has 1 aliphatic heterocycles. The second-order valence-corrected chi connectivity index (χ2v) is 7.49. The van der Waals surface area contributed by atoms with Crippen LogP contribution in [0.2, 0.25) is 0 Å². The average Bonchev–Trinajstić information content (AvgIpc) is 3.44. The fourth-order valence-corrected chi connectivity index (χ4v) is 3.52. The number of aromatic nitrogens is 2. The molecule has 6 heteroatoms. The van der Waals surface area contributed by atoms with Crippen LogP contribution >= 0.6 is 0 Å². The Morgan fingerprint density at radius 1 is 1.36 bits per heavy atom. The molecule has 2 aliphatic rings. The van der Waals surface area contributed by atoms with Crippen molar-refractivity contribution in [1.82, 2.24) is 14.9 Å². The minimum absolute atomic E-state index is 0.275. The first-order valence-corrected chi connectivity index (χ1v) is 9.73. The molecule has 1 amide bonds. The van der Waals surface area contributed by atoms with Gasteiger partial charge in [0.25, 0.3) is 0 Å². The maximum Gasteiger partial charge on any atom is 0.222 e. The molecule has 3 rings (SSSR count). The van der Waals surface area contributed by atoms with Crippen LogP contribution in [0.1, 0.15) is 51.9 Å². The van der Waals surface area contributed by atoms with E-state index in [-0.39, 0.29) is 5.91 Å². The summed E-state index contributed by atoms with van der Waals surface area (Å²) < 4.78 is 0. The number of hydrogen-bond acceptors (Lipinski definition) is 5. The van der Waals surface area contributed by atoms with Crippen molar-refractivity contribution in [3.63, 3.8) is 0 Å². The van der Waals surface area contributed by atoms with E-state index in [1.54, 1.807) is 6.33 Å². The fraction of sp³-hybridized carbons (Fsp3) is 0.737. The van der Waals surface area contributed by atoms with Crippen molar-refractivity contribution in [3.8, 4) is 0 Å². The van der Waals surface area contributed by atoms with Gasteiger partial charge in [-0.2, -0.15) is 0 Å². The summed E-state index contributed by atoms with van der Waals surface area (Å²) in [5, 5.41) is 3.44. The van der Waals surface area contributed by atoms with Crippen molar-refractivity contribution in [2.75, 3.05) is 36.9 Å². The summed E-state index contributed by atoms with van der Waals surface area (Å²) in [6, 6.07) is 2.67. The Balaban J connectivity index is 1.51. The number of anilines is 2. The number of carbonyl (C=O) groups is 1. The largest absolute Gasteiger partial charge is 0.367 e. The first kappa shape index (κ1) is 18.0. The van der Waals surface area contributed by atoms with Crippen molar-refractivity contribution in [1.29, 1.82) is 0 Å². The molecule has 1 atom stereocenters. The molecular weight excluding hydrogens is 314 g/mol. The van der Waals surface area contributed by atoms with E-state index in [2.05, 4.69) is 33.2 Å². The minimum atomic E-state index is 0.275. The van der Waals surface area contributed by atoms with Gasteiger partial charge in [-0.15, -0.1) is 0 Å². The van der Waals surface area contributed by atoms with E-state index in [9.17, 15) is 4.79 Å². The second kappa shape index (κ2) is 8.50. The molecular formula is C19H31N5O. The van der Waals surface area contributed by atoms with Gasteiger partial charge in [-0.3, -0.25) is 4.79 Å². The molecule has 2 heterocycles. The Morgan fingerprint density at radius 3 is 2.96 bits per heavy atom. The van der Waals surface area contributed by atoms with Crippen LogP contribution in [0.3, 0.4) is 0 Å². The predicted octanol–water partition coefficient (Wildman–Crippen LogP) is 2.92. The van der Waals surface area contributed by atoms with E-state index >= 15 is 0 Å². The molecule has 0 spiro atoms. The molecule has 1 aromatic rings. The van der Waals surface area contributed by atoms with Gasteiger partial charge in [0.2, 0.25) is 5.91 Å². The molecule has 138 valence electrons. The van der Waals surface area contributed by atoms with Gasteiger partial charge in [0.1, 0.15) is 18.0 Å². The van der Waals surface area contributed by atoms with Gasteiger partial charge in [0.15, 0.2) is 0 Å². The van der Waals surface area contributed by atoms with Crippen LogP contribution in [0.15, 0.2) is 12.4 Å². The van der Waals surface area contributed by atoms with Crippen LogP contribution in [-0.4, -0.2) is 53.5 Å². The third kappa shape index (κ3) is 5.31. The predicted molar refractivity (Wildman–Crippen MR) is 101 cm³/mol. The van der Waals surface area contributed by atoms with Crippen LogP contribution in [0.5, 0.6) is 0 Å². The number of amides is 1. The molecule has 6 nitrogen and oxygen atoms in total. The van der Waals surface area contributed by atoms with Crippen molar-refractivity contribution in [2.45, 2.75) is 57.9 Å². The maximum atomic E-state index is 12.2. The molecule has 25 heavy (non-hydrogen) atoms. The monoisotopic (exact) mass is 345 g/mol. The molecule has 1 N–H and O–H groups in total. The molecule has 0 aromatic carbocycles. The molecule has 0 unspecified atom stereocenters. The lowest BCUT2D eigenvalue weighted by molar-refractivity contribution is -0.130. The lowest BCUT2D eigenvalue weighted by atomic mass is 9.93. The van der Waals surface area contributed by atoms with Gasteiger partial charge in [0.05, 0.1) is 0 Å². The van der Waals surface area contributed by atoms with Gasteiger partial charge in [-0.25, -0.2) is 9.97 Å². The Hall–Kier alpha value is -1.85. The van der Waals surface area contributed by atoms with E-state index in [1.165, 1.54) is 25.7 Å². The highest BCUT2D eigenvalue weighted by Gasteiger charge is 2.24. The molecule has 1 saturated carbocycles. The van der Waals surface area contributed by atoms with Gasteiger partial charge in [-0.1, -0.05) is 6.92 Å². The van der Waals surface area contributed by atoms with Crippen molar-refractivity contribution in [2.24, 2.45) is 5.92 Å². The van der Waals surface area contributed by atoms with E-state index in [1.807, 2.05) is 11.9 Å². The van der Waals surface area contributed by atoms with Crippen LogP contribution in [-0.2, 0) is 4.79 Å². The molecule has 1 saturated heterocycles. The Bertz CT molecular complexity index is 575. The van der Waals surface area contributed by atoms with Crippen LogP contribution in [0.25, 0.3) is 0 Å². The van der Waals surface area contributed by atoms with Gasteiger partial charge >= 0.3 is 0 Å². The smallest absolute Gasteiger partial charge is 0.222 e. The number of carbonyl (C=O) groups excluding carboxylic acids is 1. The Kier molecular flexibility index (Phi) is 6.10. The zero-order valence-corrected chi connectivity index (χ0v) is 15.6. The topological polar surface area (TPSA) is 61.4 Å². The summed E-state index contributed by atoms with van der Waals surface area (Å²) >= 11 is 0. The van der Waals surface area contributed by atoms with Crippen LogP contribution in [0, 0.1) is 5.92 Å². The average molecular weight is 345 g/mol.